The second-order valence-corrected chi connectivity index (χ2v) is 4.40. The molecular formula is C12H25ClN2O2. The Morgan fingerprint density at radius 1 is 1.47 bits per heavy atom. The number of nitrogens with zero attached hydrogens (tertiary/aromatic N) is 1. The lowest BCUT2D eigenvalue weighted by molar-refractivity contribution is -0.143. The van der Waals surface area contributed by atoms with Gasteiger partial charge in [-0.05, 0) is 19.3 Å². The molecule has 0 aromatic carbocycles. The second-order valence-electron chi connectivity index (χ2n) is 4.40. The van der Waals surface area contributed by atoms with Crippen LogP contribution in [0.5, 0.6) is 0 Å². The first-order valence-electron chi connectivity index (χ1n) is 6.27. The fourth-order valence-electron chi connectivity index (χ4n) is 2.37. The summed E-state index contributed by atoms with van der Waals surface area (Å²) in [5.74, 6) is 0.0683. The van der Waals surface area contributed by atoms with Crippen molar-refractivity contribution < 1.29 is 9.53 Å². The van der Waals surface area contributed by atoms with Crippen molar-refractivity contribution in [2.24, 2.45) is 5.73 Å². The number of likely N-dealkylation sites (tertiary alicyclic amines) is 1. The maximum Gasteiger partial charge on any atom is 0.253 e. The molecule has 1 aliphatic rings. The molecule has 0 radical (unpaired) electrons. The van der Waals surface area contributed by atoms with Crippen molar-refractivity contribution in [1.29, 1.82) is 0 Å². The third-order valence-corrected chi connectivity index (χ3v) is 3.41. The Morgan fingerprint density at radius 3 is 2.71 bits per heavy atom. The summed E-state index contributed by atoms with van der Waals surface area (Å²) in [4.78, 5) is 14.2. The fraction of sp³-hybridized carbons (Fsp3) is 0.917. The van der Waals surface area contributed by atoms with Crippen LogP contribution in [0.3, 0.4) is 0 Å². The summed E-state index contributed by atoms with van der Waals surface area (Å²) in [6.45, 7) is 3.26. The van der Waals surface area contributed by atoms with Gasteiger partial charge in [-0.15, -0.1) is 12.4 Å². The van der Waals surface area contributed by atoms with Crippen molar-refractivity contribution in [3.8, 4) is 0 Å². The highest BCUT2D eigenvalue weighted by Crippen LogP contribution is 2.20. The Kier molecular flexibility index (Phi) is 8.56. The van der Waals surface area contributed by atoms with Crippen molar-refractivity contribution in [2.45, 2.75) is 51.2 Å². The molecular weight excluding hydrogens is 240 g/mol. The summed E-state index contributed by atoms with van der Waals surface area (Å²) in [5.41, 5.74) is 5.54. The van der Waals surface area contributed by atoms with Gasteiger partial charge in [0.25, 0.3) is 5.91 Å². The number of carbonyl (C=O) groups is 1. The number of halogens is 1. The Hall–Kier alpha value is -0.320. The van der Waals surface area contributed by atoms with E-state index in [4.69, 9.17) is 10.5 Å². The van der Waals surface area contributed by atoms with Crippen LogP contribution in [0.4, 0.5) is 0 Å². The molecule has 1 amide bonds. The number of carbonyl (C=O) groups excluding carboxylic acids is 1. The number of amides is 1. The molecule has 4 nitrogen and oxygen atoms in total. The SMILES string of the molecule is CCC1CCCCCN1C(=O)C(CN)OC.Cl. The van der Waals surface area contributed by atoms with Gasteiger partial charge in [0.2, 0.25) is 0 Å². The van der Waals surface area contributed by atoms with Gasteiger partial charge in [-0.3, -0.25) is 4.79 Å². The van der Waals surface area contributed by atoms with Crippen molar-refractivity contribution >= 4 is 18.3 Å². The molecule has 0 aromatic rings. The lowest BCUT2D eigenvalue weighted by atomic mass is 10.1. The molecule has 2 atom stereocenters. The number of methoxy groups -OCH3 is 1. The van der Waals surface area contributed by atoms with E-state index >= 15 is 0 Å². The summed E-state index contributed by atoms with van der Waals surface area (Å²) < 4.78 is 5.13. The van der Waals surface area contributed by atoms with Crippen LogP contribution < -0.4 is 5.73 Å². The minimum absolute atomic E-state index is 0. The van der Waals surface area contributed by atoms with E-state index in [1.165, 1.54) is 12.8 Å². The summed E-state index contributed by atoms with van der Waals surface area (Å²) in [5, 5.41) is 0. The highest BCUT2D eigenvalue weighted by atomic mass is 35.5. The zero-order valence-corrected chi connectivity index (χ0v) is 11.7. The Morgan fingerprint density at radius 2 is 2.18 bits per heavy atom. The van der Waals surface area contributed by atoms with Crippen LogP contribution in [0.1, 0.15) is 39.0 Å². The monoisotopic (exact) mass is 264 g/mol. The molecule has 17 heavy (non-hydrogen) atoms. The quantitative estimate of drug-likeness (QED) is 0.839. The lowest BCUT2D eigenvalue weighted by Crippen LogP contribution is -2.48. The average molecular weight is 265 g/mol. The van der Waals surface area contributed by atoms with Crippen LogP contribution in [-0.4, -0.2) is 43.2 Å². The van der Waals surface area contributed by atoms with E-state index in [9.17, 15) is 4.79 Å². The molecule has 1 saturated heterocycles. The van der Waals surface area contributed by atoms with E-state index < -0.39 is 6.10 Å². The predicted molar refractivity (Wildman–Crippen MR) is 71.4 cm³/mol. The van der Waals surface area contributed by atoms with Crippen molar-refractivity contribution in [3.05, 3.63) is 0 Å². The summed E-state index contributed by atoms with van der Waals surface area (Å²) >= 11 is 0. The van der Waals surface area contributed by atoms with Crippen LogP contribution in [0.2, 0.25) is 0 Å². The van der Waals surface area contributed by atoms with Crippen molar-refractivity contribution in [1.82, 2.24) is 4.90 Å². The van der Waals surface area contributed by atoms with Crippen molar-refractivity contribution in [3.63, 3.8) is 0 Å². The van der Waals surface area contributed by atoms with Gasteiger partial charge in [0.1, 0.15) is 6.10 Å². The van der Waals surface area contributed by atoms with Gasteiger partial charge < -0.3 is 15.4 Å². The van der Waals surface area contributed by atoms with E-state index in [2.05, 4.69) is 6.92 Å². The molecule has 0 saturated carbocycles. The van der Waals surface area contributed by atoms with E-state index in [1.807, 2.05) is 4.90 Å². The van der Waals surface area contributed by atoms with Crippen LogP contribution in [0, 0.1) is 0 Å². The predicted octanol–water partition coefficient (Wildman–Crippen LogP) is 1.56. The maximum absolute atomic E-state index is 12.2. The smallest absolute Gasteiger partial charge is 0.253 e. The van der Waals surface area contributed by atoms with Crippen LogP contribution in [0.25, 0.3) is 0 Å². The summed E-state index contributed by atoms with van der Waals surface area (Å²) in [7, 11) is 1.55. The molecule has 0 spiro atoms. The van der Waals surface area contributed by atoms with Gasteiger partial charge in [0.05, 0.1) is 0 Å². The Balaban J connectivity index is 0.00000256. The molecule has 1 fully saturated rings. The summed E-state index contributed by atoms with van der Waals surface area (Å²) in [6.07, 6.45) is 5.22. The van der Waals surface area contributed by atoms with Gasteiger partial charge in [0, 0.05) is 26.2 Å². The molecule has 1 aliphatic heterocycles. The molecule has 1 rings (SSSR count). The van der Waals surface area contributed by atoms with Gasteiger partial charge in [-0.1, -0.05) is 19.8 Å². The van der Waals surface area contributed by atoms with E-state index in [0.717, 1.165) is 25.8 Å². The van der Waals surface area contributed by atoms with Gasteiger partial charge in [-0.25, -0.2) is 0 Å². The molecule has 102 valence electrons. The van der Waals surface area contributed by atoms with Crippen LogP contribution in [0.15, 0.2) is 0 Å². The Bertz CT molecular complexity index is 223. The normalized spacial score (nSPS) is 22.5. The van der Waals surface area contributed by atoms with Crippen LogP contribution >= 0.6 is 12.4 Å². The first-order chi connectivity index (χ1) is 7.74. The van der Waals surface area contributed by atoms with Crippen molar-refractivity contribution in [2.75, 3.05) is 20.2 Å². The van der Waals surface area contributed by atoms with Gasteiger partial charge in [-0.2, -0.15) is 0 Å². The third-order valence-electron chi connectivity index (χ3n) is 3.41. The molecule has 2 unspecified atom stereocenters. The summed E-state index contributed by atoms with van der Waals surface area (Å²) in [6, 6.07) is 0.374. The standard InChI is InChI=1S/C12H24N2O2.ClH/c1-3-10-7-5-4-6-8-14(10)12(15)11(9-13)16-2;/h10-11H,3-9,13H2,1-2H3;1H. The molecule has 5 heteroatoms. The fourth-order valence-corrected chi connectivity index (χ4v) is 2.37. The minimum atomic E-state index is -0.466. The molecule has 1 heterocycles. The number of nitrogens with two attached hydrogens (primary N) is 1. The minimum Gasteiger partial charge on any atom is -0.370 e. The highest BCUT2D eigenvalue weighted by molar-refractivity contribution is 5.85. The zero-order chi connectivity index (χ0) is 12.0. The number of hydrogen-bond donors (Lipinski definition) is 1. The van der Waals surface area contributed by atoms with E-state index in [-0.39, 0.29) is 24.9 Å². The first kappa shape index (κ1) is 16.7. The van der Waals surface area contributed by atoms with E-state index in [1.54, 1.807) is 7.11 Å². The van der Waals surface area contributed by atoms with Gasteiger partial charge in [0.15, 0.2) is 0 Å². The number of hydrogen-bond acceptors (Lipinski definition) is 3. The second kappa shape index (κ2) is 8.72. The molecule has 0 bridgehead atoms. The molecule has 0 aromatic heterocycles. The van der Waals surface area contributed by atoms with E-state index in [0.29, 0.717) is 6.04 Å². The zero-order valence-electron chi connectivity index (χ0n) is 10.9. The highest BCUT2D eigenvalue weighted by Gasteiger charge is 2.28. The molecule has 2 N–H and O–H groups in total. The number of rotatable bonds is 4. The topological polar surface area (TPSA) is 55.6 Å². The first-order valence-corrected chi connectivity index (χ1v) is 6.27. The maximum atomic E-state index is 12.2. The lowest BCUT2D eigenvalue weighted by Gasteiger charge is -2.31. The third kappa shape index (κ3) is 4.45. The number of ether oxygens (including phenoxy) is 1. The van der Waals surface area contributed by atoms with Gasteiger partial charge >= 0.3 is 0 Å². The Labute approximate surface area is 110 Å². The average Bonchev–Trinajstić information content (AvgIpc) is 2.55. The van der Waals surface area contributed by atoms with Crippen LogP contribution in [-0.2, 0) is 9.53 Å². The molecule has 0 aliphatic carbocycles. The largest absolute Gasteiger partial charge is 0.370 e.